The minimum absolute atomic E-state index is 0.146. The molecule has 31 heavy (non-hydrogen) atoms. The third kappa shape index (κ3) is 6.52. The minimum atomic E-state index is -3.83. The molecule has 0 radical (unpaired) electrons. The van der Waals surface area contributed by atoms with Crippen LogP contribution in [-0.2, 0) is 26.2 Å². The molecule has 0 aliphatic heterocycles. The molecule has 0 aliphatic carbocycles. The van der Waals surface area contributed by atoms with Crippen molar-refractivity contribution in [2.45, 2.75) is 32.9 Å². The molecule has 0 saturated carbocycles. The van der Waals surface area contributed by atoms with E-state index in [1.54, 1.807) is 6.92 Å². The highest BCUT2D eigenvalue weighted by Gasteiger charge is 2.31. The van der Waals surface area contributed by atoms with Crippen molar-refractivity contribution in [3.05, 3.63) is 65.5 Å². The molecule has 1 unspecified atom stereocenters. The van der Waals surface area contributed by atoms with Gasteiger partial charge in [-0.25, -0.2) is 12.8 Å². The quantitative estimate of drug-likeness (QED) is 0.637. The molecule has 168 valence electrons. The fourth-order valence-corrected chi connectivity index (χ4v) is 4.16. The predicted molar refractivity (Wildman–Crippen MR) is 118 cm³/mol. The number of carbonyl (C=O) groups excluding carboxylic acids is 2. The zero-order valence-electron chi connectivity index (χ0n) is 18.1. The Morgan fingerprint density at radius 1 is 1.13 bits per heavy atom. The van der Waals surface area contributed by atoms with Gasteiger partial charge < -0.3 is 10.2 Å². The molecule has 0 spiro atoms. The number of likely N-dealkylation sites (N-methyl/N-ethyl adjacent to an activating group) is 1. The number of halogens is 1. The van der Waals surface area contributed by atoms with Crippen LogP contribution in [0.5, 0.6) is 0 Å². The van der Waals surface area contributed by atoms with Crippen LogP contribution in [0.3, 0.4) is 0 Å². The number of anilines is 1. The van der Waals surface area contributed by atoms with Crippen molar-refractivity contribution < 1.29 is 22.4 Å². The van der Waals surface area contributed by atoms with E-state index in [9.17, 15) is 22.4 Å². The van der Waals surface area contributed by atoms with Gasteiger partial charge in [-0.3, -0.25) is 13.9 Å². The SMILES string of the molecule is CCC(C(=O)NC)N(Cc1cccc(C)c1)C(=O)CN(c1ccc(F)cc1)S(C)(=O)=O. The number of carbonyl (C=O) groups is 2. The Morgan fingerprint density at radius 2 is 1.77 bits per heavy atom. The number of sulfonamides is 1. The standard InChI is InChI=1S/C22H28FN3O4S/c1-5-20(22(28)24-3)25(14-17-8-6-7-16(2)13-17)21(27)15-26(31(4,29)30)19-11-9-18(23)10-12-19/h6-13,20H,5,14-15H2,1-4H3,(H,24,28). The molecule has 1 atom stereocenters. The maximum atomic E-state index is 13.3. The summed E-state index contributed by atoms with van der Waals surface area (Å²) in [4.78, 5) is 27.2. The largest absolute Gasteiger partial charge is 0.357 e. The predicted octanol–water partition coefficient (Wildman–Crippen LogP) is 2.45. The number of nitrogens with one attached hydrogen (secondary N) is 1. The van der Waals surface area contributed by atoms with Crippen LogP contribution in [0.4, 0.5) is 10.1 Å². The lowest BCUT2D eigenvalue weighted by Crippen LogP contribution is -2.51. The van der Waals surface area contributed by atoms with Crippen molar-refractivity contribution in [3.63, 3.8) is 0 Å². The Balaban J connectivity index is 2.41. The van der Waals surface area contributed by atoms with Gasteiger partial charge in [-0.1, -0.05) is 36.8 Å². The third-order valence-electron chi connectivity index (χ3n) is 4.86. The molecule has 0 fully saturated rings. The first-order valence-corrected chi connectivity index (χ1v) is 11.7. The molecular weight excluding hydrogens is 421 g/mol. The van der Waals surface area contributed by atoms with Crippen molar-refractivity contribution in [3.8, 4) is 0 Å². The van der Waals surface area contributed by atoms with Crippen LogP contribution in [0, 0.1) is 12.7 Å². The van der Waals surface area contributed by atoms with Crippen LogP contribution in [0.1, 0.15) is 24.5 Å². The van der Waals surface area contributed by atoms with Gasteiger partial charge >= 0.3 is 0 Å². The van der Waals surface area contributed by atoms with Gasteiger partial charge in [0, 0.05) is 13.6 Å². The second-order valence-corrected chi connectivity index (χ2v) is 9.20. The summed E-state index contributed by atoms with van der Waals surface area (Å²) in [5.74, 6) is -1.39. The van der Waals surface area contributed by atoms with Crippen LogP contribution in [-0.4, -0.2) is 51.0 Å². The van der Waals surface area contributed by atoms with Gasteiger partial charge in [0.1, 0.15) is 18.4 Å². The number of hydrogen-bond donors (Lipinski definition) is 1. The van der Waals surface area contributed by atoms with E-state index >= 15 is 0 Å². The molecule has 2 rings (SSSR count). The Bertz CT molecular complexity index is 1030. The topological polar surface area (TPSA) is 86.8 Å². The fourth-order valence-electron chi connectivity index (χ4n) is 3.31. The number of nitrogens with zero attached hydrogens (tertiary/aromatic N) is 2. The summed E-state index contributed by atoms with van der Waals surface area (Å²) < 4.78 is 39.0. The Labute approximate surface area is 182 Å². The smallest absolute Gasteiger partial charge is 0.244 e. The summed E-state index contributed by atoms with van der Waals surface area (Å²) in [5.41, 5.74) is 1.99. The molecule has 1 N–H and O–H groups in total. The van der Waals surface area contributed by atoms with Crippen LogP contribution in [0.2, 0.25) is 0 Å². The van der Waals surface area contributed by atoms with Gasteiger partial charge in [0.15, 0.2) is 0 Å². The van der Waals surface area contributed by atoms with Crippen LogP contribution in [0.25, 0.3) is 0 Å². The molecule has 2 aromatic carbocycles. The second-order valence-electron chi connectivity index (χ2n) is 7.30. The van der Waals surface area contributed by atoms with Gasteiger partial charge in [-0.05, 0) is 43.2 Å². The average molecular weight is 450 g/mol. The molecule has 7 nitrogen and oxygen atoms in total. The number of rotatable bonds is 9. The maximum absolute atomic E-state index is 13.3. The molecule has 0 aromatic heterocycles. The van der Waals surface area contributed by atoms with E-state index in [1.165, 1.54) is 24.1 Å². The number of benzene rings is 2. The molecule has 2 aromatic rings. The minimum Gasteiger partial charge on any atom is -0.357 e. The molecule has 0 bridgehead atoms. The highest BCUT2D eigenvalue weighted by atomic mass is 32.2. The molecule has 2 amide bonds. The Morgan fingerprint density at radius 3 is 2.29 bits per heavy atom. The lowest BCUT2D eigenvalue weighted by molar-refractivity contribution is -0.140. The summed E-state index contributed by atoms with van der Waals surface area (Å²) in [6.45, 7) is 3.34. The van der Waals surface area contributed by atoms with E-state index < -0.39 is 34.3 Å². The van der Waals surface area contributed by atoms with Crippen LogP contribution >= 0.6 is 0 Å². The fraction of sp³-hybridized carbons (Fsp3) is 0.364. The summed E-state index contributed by atoms with van der Waals surface area (Å²) in [6, 6.07) is 11.6. The first-order chi connectivity index (χ1) is 14.6. The van der Waals surface area contributed by atoms with Crippen molar-refractivity contribution in [2.24, 2.45) is 0 Å². The maximum Gasteiger partial charge on any atom is 0.244 e. The third-order valence-corrected chi connectivity index (χ3v) is 6.00. The van der Waals surface area contributed by atoms with Gasteiger partial charge in [-0.2, -0.15) is 0 Å². The van der Waals surface area contributed by atoms with Gasteiger partial charge in [0.05, 0.1) is 11.9 Å². The lowest BCUT2D eigenvalue weighted by Gasteiger charge is -2.32. The molecule has 0 saturated heterocycles. The Kier molecular flexibility index (Phi) is 8.15. The van der Waals surface area contributed by atoms with E-state index in [1.807, 2.05) is 31.2 Å². The summed E-state index contributed by atoms with van der Waals surface area (Å²) in [5, 5.41) is 2.56. The van der Waals surface area contributed by atoms with E-state index in [0.29, 0.717) is 6.42 Å². The molecule has 9 heteroatoms. The van der Waals surface area contributed by atoms with Gasteiger partial charge in [-0.15, -0.1) is 0 Å². The zero-order chi connectivity index (χ0) is 23.2. The lowest BCUT2D eigenvalue weighted by atomic mass is 10.1. The van der Waals surface area contributed by atoms with E-state index in [0.717, 1.165) is 33.8 Å². The first kappa shape index (κ1) is 24.3. The number of amides is 2. The van der Waals surface area contributed by atoms with E-state index in [-0.39, 0.29) is 18.1 Å². The average Bonchev–Trinajstić information content (AvgIpc) is 2.71. The zero-order valence-corrected chi connectivity index (χ0v) is 18.9. The van der Waals surface area contributed by atoms with Crippen LogP contribution < -0.4 is 9.62 Å². The second kappa shape index (κ2) is 10.4. The van der Waals surface area contributed by atoms with Gasteiger partial charge in [0.2, 0.25) is 21.8 Å². The van der Waals surface area contributed by atoms with Gasteiger partial charge in [0.25, 0.3) is 0 Å². The number of hydrogen-bond acceptors (Lipinski definition) is 4. The van der Waals surface area contributed by atoms with Crippen LogP contribution in [0.15, 0.2) is 48.5 Å². The summed E-state index contributed by atoms with van der Waals surface area (Å²) >= 11 is 0. The van der Waals surface area contributed by atoms with E-state index in [2.05, 4.69) is 5.32 Å². The first-order valence-electron chi connectivity index (χ1n) is 9.86. The molecule has 0 aliphatic rings. The van der Waals surface area contributed by atoms with Crippen molar-refractivity contribution in [1.29, 1.82) is 0 Å². The monoisotopic (exact) mass is 449 g/mol. The Hall–Kier alpha value is -2.94. The highest BCUT2D eigenvalue weighted by molar-refractivity contribution is 7.92. The summed E-state index contributed by atoms with van der Waals surface area (Å²) in [7, 11) is -2.35. The normalized spacial score (nSPS) is 12.2. The van der Waals surface area contributed by atoms with Crippen molar-refractivity contribution in [2.75, 3.05) is 24.2 Å². The summed E-state index contributed by atoms with van der Waals surface area (Å²) in [6.07, 6.45) is 1.33. The van der Waals surface area contributed by atoms with E-state index in [4.69, 9.17) is 0 Å². The molecule has 0 heterocycles. The molecular formula is C22H28FN3O4S. The number of aryl methyl sites for hydroxylation is 1. The van der Waals surface area contributed by atoms with Crippen molar-refractivity contribution >= 4 is 27.5 Å². The highest BCUT2D eigenvalue weighted by Crippen LogP contribution is 2.20. The van der Waals surface area contributed by atoms with Crippen molar-refractivity contribution in [1.82, 2.24) is 10.2 Å².